The van der Waals surface area contributed by atoms with Gasteiger partial charge in [0, 0.05) is 18.9 Å². The summed E-state index contributed by atoms with van der Waals surface area (Å²) in [5.41, 5.74) is 3.65. The molecule has 184 valence electrons. The van der Waals surface area contributed by atoms with Gasteiger partial charge in [0.05, 0.1) is 33.5 Å². The van der Waals surface area contributed by atoms with E-state index in [1.54, 1.807) is 14.2 Å². The van der Waals surface area contributed by atoms with Crippen molar-refractivity contribution in [2.45, 2.75) is 51.7 Å². The number of hydrogen-bond donors (Lipinski definition) is 1. The first-order valence-corrected chi connectivity index (χ1v) is 11.8. The molecule has 34 heavy (non-hydrogen) atoms. The Kier molecular flexibility index (Phi) is 9.33. The van der Waals surface area contributed by atoms with Crippen LogP contribution >= 0.6 is 0 Å². The lowest BCUT2D eigenvalue weighted by atomic mass is 9.97. The van der Waals surface area contributed by atoms with Crippen LogP contribution in [0.2, 0.25) is 0 Å². The molecule has 0 heterocycles. The molecule has 1 amide bonds. The van der Waals surface area contributed by atoms with Gasteiger partial charge in [0.15, 0.2) is 0 Å². The van der Waals surface area contributed by atoms with Crippen LogP contribution in [0.4, 0.5) is 0 Å². The van der Waals surface area contributed by atoms with E-state index in [1.807, 2.05) is 43.3 Å². The summed E-state index contributed by atoms with van der Waals surface area (Å²) in [6.07, 6.45) is 4.22. The van der Waals surface area contributed by atoms with Crippen LogP contribution in [0.5, 0.6) is 11.5 Å². The average Bonchev–Trinajstić information content (AvgIpc) is 3.41. The minimum Gasteiger partial charge on any atom is -0.496 e. The van der Waals surface area contributed by atoms with Crippen molar-refractivity contribution < 1.29 is 28.5 Å². The van der Waals surface area contributed by atoms with Crippen molar-refractivity contribution >= 4 is 11.9 Å². The summed E-state index contributed by atoms with van der Waals surface area (Å²) in [4.78, 5) is 24.9. The van der Waals surface area contributed by atoms with Gasteiger partial charge in [-0.1, -0.05) is 37.1 Å². The van der Waals surface area contributed by atoms with Crippen molar-refractivity contribution in [1.29, 1.82) is 0 Å². The molecule has 0 spiro atoms. The van der Waals surface area contributed by atoms with Crippen LogP contribution in [0.15, 0.2) is 36.4 Å². The Hall–Kier alpha value is -3.06. The van der Waals surface area contributed by atoms with Crippen molar-refractivity contribution in [3.8, 4) is 22.6 Å². The third-order valence-corrected chi connectivity index (χ3v) is 6.25. The molecule has 2 aromatic rings. The quantitative estimate of drug-likeness (QED) is 0.494. The van der Waals surface area contributed by atoms with Crippen LogP contribution in [0.3, 0.4) is 0 Å². The predicted octanol–water partition coefficient (Wildman–Crippen LogP) is 4.30. The largest absolute Gasteiger partial charge is 0.496 e. The molecule has 0 radical (unpaired) electrons. The van der Waals surface area contributed by atoms with E-state index in [0.717, 1.165) is 47.9 Å². The molecule has 0 unspecified atom stereocenters. The maximum atomic E-state index is 12.6. The molecule has 1 N–H and O–H groups in total. The predicted molar refractivity (Wildman–Crippen MR) is 130 cm³/mol. The first-order chi connectivity index (χ1) is 16.5. The molecule has 1 saturated carbocycles. The molecular formula is C27H35NO6. The van der Waals surface area contributed by atoms with Gasteiger partial charge >= 0.3 is 5.97 Å². The molecule has 7 heteroatoms. The Morgan fingerprint density at radius 3 is 2.12 bits per heavy atom. The Bertz CT molecular complexity index is 941. The molecule has 1 atom stereocenters. The molecule has 0 saturated heterocycles. The zero-order valence-electron chi connectivity index (χ0n) is 20.5. The van der Waals surface area contributed by atoms with Crippen LogP contribution in [0, 0.1) is 5.92 Å². The van der Waals surface area contributed by atoms with Gasteiger partial charge in [0.1, 0.15) is 17.5 Å². The normalized spacial score (nSPS) is 14.5. The number of benzene rings is 2. The molecule has 0 aromatic heterocycles. The minimum absolute atomic E-state index is 0.0137. The Balaban J connectivity index is 1.80. The summed E-state index contributed by atoms with van der Waals surface area (Å²) in [6.45, 7) is 3.06. The van der Waals surface area contributed by atoms with Crippen molar-refractivity contribution in [2.75, 3.05) is 27.9 Å². The number of methoxy groups -OCH3 is 3. The number of nitrogens with one attached hydrogen (secondary N) is 1. The minimum atomic E-state index is -0.717. The topological polar surface area (TPSA) is 83.1 Å². The van der Waals surface area contributed by atoms with Crippen molar-refractivity contribution in [3.63, 3.8) is 0 Å². The van der Waals surface area contributed by atoms with E-state index in [1.165, 1.54) is 7.11 Å². The van der Waals surface area contributed by atoms with Gasteiger partial charge in [-0.3, -0.25) is 4.79 Å². The van der Waals surface area contributed by atoms with E-state index >= 15 is 0 Å². The van der Waals surface area contributed by atoms with Gasteiger partial charge in [0.25, 0.3) is 0 Å². The van der Waals surface area contributed by atoms with E-state index in [2.05, 4.69) is 5.32 Å². The van der Waals surface area contributed by atoms with Crippen molar-refractivity contribution in [2.24, 2.45) is 5.92 Å². The number of carbonyl (C=O) groups is 2. The van der Waals surface area contributed by atoms with E-state index in [4.69, 9.17) is 18.9 Å². The molecule has 2 aromatic carbocycles. The molecule has 1 aliphatic carbocycles. The van der Waals surface area contributed by atoms with Gasteiger partial charge in [-0.2, -0.15) is 0 Å². The summed E-state index contributed by atoms with van der Waals surface area (Å²) >= 11 is 0. The molecule has 0 bridgehead atoms. The number of hydrogen-bond acceptors (Lipinski definition) is 6. The Labute approximate surface area is 201 Å². The Morgan fingerprint density at radius 2 is 1.59 bits per heavy atom. The summed E-state index contributed by atoms with van der Waals surface area (Å²) in [6, 6.07) is 11.0. The first kappa shape index (κ1) is 25.6. The number of ether oxygens (including phenoxy) is 4. The SMILES string of the molecule is CCOCc1cc(OC)c(-c2ccc(C[C@H](NC(=O)C3CCCC3)C(=O)OC)cc2)c(OC)c1. The number of carbonyl (C=O) groups excluding carboxylic acids is 2. The fraction of sp³-hybridized carbons (Fsp3) is 0.481. The van der Waals surface area contributed by atoms with Crippen molar-refractivity contribution in [3.05, 3.63) is 47.5 Å². The van der Waals surface area contributed by atoms with Crippen LogP contribution in [-0.4, -0.2) is 45.9 Å². The summed E-state index contributed by atoms with van der Waals surface area (Å²) in [5.74, 6) is 0.867. The molecule has 1 fully saturated rings. The second-order valence-corrected chi connectivity index (χ2v) is 8.48. The lowest BCUT2D eigenvalue weighted by Gasteiger charge is -2.19. The second kappa shape index (κ2) is 12.4. The zero-order valence-corrected chi connectivity index (χ0v) is 20.5. The maximum absolute atomic E-state index is 12.6. The van der Waals surface area contributed by atoms with Gasteiger partial charge in [0.2, 0.25) is 5.91 Å². The van der Waals surface area contributed by atoms with E-state index in [9.17, 15) is 9.59 Å². The van der Waals surface area contributed by atoms with Crippen LogP contribution in [0.1, 0.15) is 43.7 Å². The zero-order chi connectivity index (χ0) is 24.5. The highest BCUT2D eigenvalue weighted by molar-refractivity contribution is 5.86. The third kappa shape index (κ3) is 6.29. The highest BCUT2D eigenvalue weighted by Crippen LogP contribution is 2.40. The van der Waals surface area contributed by atoms with E-state index in [0.29, 0.717) is 31.1 Å². The highest BCUT2D eigenvalue weighted by atomic mass is 16.5. The van der Waals surface area contributed by atoms with E-state index in [-0.39, 0.29) is 11.8 Å². The Morgan fingerprint density at radius 1 is 0.971 bits per heavy atom. The smallest absolute Gasteiger partial charge is 0.328 e. The molecule has 3 rings (SSSR count). The molecule has 7 nitrogen and oxygen atoms in total. The summed E-state index contributed by atoms with van der Waals surface area (Å²) in [7, 11) is 4.60. The fourth-order valence-electron chi connectivity index (χ4n) is 4.41. The van der Waals surface area contributed by atoms with Gasteiger partial charge in [-0.25, -0.2) is 4.79 Å². The summed E-state index contributed by atoms with van der Waals surface area (Å²) in [5, 5.41) is 2.90. The average molecular weight is 470 g/mol. The van der Waals surface area contributed by atoms with Crippen LogP contribution in [-0.2, 0) is 32.1 Å². The van der Waals surface area contributed by atoms with Gasteiger partial charge in [-0.05, 0) is 48.6 Å². The standard InChI is InChI=1S/C27H35NO6/c1-5-34-17-19-15-23(31-2)25(24(16-19)32-3)20-12-10-18(11-13-20)14-22(27(30)33-4)28-26(29)21-8-6-7-9-21/h10-13,15-16,21-22H,5-9,14,17H2,1-4H3,(H,28,29)/t22-/m0/s1. The lowest BCUT2D eigenvalue weighted by molar-refractivity contribution is -0.145. The third-order valence-electron chi connectivity index (χ3n) is 6.25. The van der Waals surface area contributed by atoms with Crippen molar-refractivity contribution in [1.82, 2.24) is 5.32 Å². The monoisotopic (exact) mass is 469 g/mol. The highest BCUT2D eigenvalue weighted by Gasteiger charge is 2.28. The summed E-state index contributed by atoms with van der Waals surface area (Å²) < 4.78 is 21.8. The number of rotatable bonds is 11. The number of esters is 1. The first-order valence-electron chi connectivity index (χ1n) is 11.8. The number of amides is 1. The fourth-order valence-corrected chi connectivity index (χ4v) is 4.41. The molecule has 0 aliphatic heterocycles. The van der Waals surface area contributed by atoms with Gasteiger partial charge < -0.3 is 24.3 Å². The maximum Gasteiger partial charge on any atom is 0.328 e. The molecular weight excluding hydrogens is 434 g/mol. The van der Waals surface area contributed by atoms with Gasteiger partial charge in [-0.15, -0.1) is 0 Å². The van der Waals surface area contributed by atoms with E-state index < -0.39 is 12.0 Å². The second-order valence-electron chi connectivity index (χ2n) is 8.48. The van der Waals surface area contributed by atoms with Crippen LogP contribution in [0.25, 0.3) is 11.1 Å². The lowest BCUT2D eigenvalue weighted by Crippen LogP contribution is -2.45. The molecule has 1 aliphatic rings. The van der Waals surface area contributed by atoms with Crippen LogP contribution < -0.4 is 14.8 Å².